The number of hydrogen-bond donors (Lipinski definition) is 1. The van der Waals surface area contributed by atoms with Crippen LogP contribution in [0, 0.1) is 12.7 Å². The van der Waals surface area contributed by atoms with Gasteiger partial charge >= 0.3 is 6.03 Å². The van der Waals surface area contributed by atoms with Gasteiger partial charge in [0.15, 0.2) is 0 Å². The van der Waals surface area contributed by atoms with Gasteiger partial charge in [-0.05, 0) is 43.5 Å². The summed E-state index contributed by atoms with van der Waals surface area (Å²) in [5, 5.41) is 7.42. The average Bonchev–Trinajstić information content (AvgIpc) is 3.26. The molecule has 0 spiro atoms. The van der Waals surface area contributed by atoms with Crippen LogP contribution in [-0.2, 0) is 17.8 Å². The van der Waals surface area contributed by atoms with Crippen LogP contribution in [0.25, 0.3) is 0 Å². The molecule has 2 amide bonds. The zero-order valence-electron chi connectivity index (χ0n) is 15.9. The number of rotatable bonds is 2. The van der Waals surface area contributed by atoms with Crippen LogP contribution >= 0.6 is 0 Å². The van der Waals surface area contributed by atoms with E-state index in [1.165, 1.54) is 6.07 Å². The zero-order chi connectivity index (χ0) is 19.3. The highest BCUT2D eigenvalue weighted by Gasteiger charge is 2.36. The molecule has 0 radical (unpaired) electrons. The Morgan fingerprint density at radius 3 is 2.79 bits per heavy atom. The Bertz CT molecular complexity index is 902. The first-order valence-corrected chi connectivity index (χ1v) is 9.84. The SMILES string of the molecule is Cc1cc(NC(=O)N2CCn3ncc(N4CC5CCC(C4)O5)c3C2)ccc1F. The second kappa shape index (κ2) is 6.77. The summed E-state index contributed by atoms with van der Waals surface area (Å²) < 4.78 is 21.4. The van der Waals surface area contributed by atoms with Crippen molar-refractivity contribution in [2.45, 2.75) is 45.1 Å². The van der Waals surface area contributed by atoms with Crippen LogP contribution in [0.2, 0.25) is 0 Å². The van der Waals surface area contributed by atoms with Crippen LogP contribution < -0.4 is 10.2 Å². The lowest BCUT2D eigenvalue weighted by atomic mass is 10.2. The van der Waals surface area contributed by atoms with E-state index in [2.05, 4.69) is 15.3 Å². The number of halogens is 1. The fraction of sp³-hybridized carbons (Fsp3) is 0.500. The van der Waals surface area contributed by atoms with Crippen LogP contribution in [0.1, 0.15) is 24.1 Å². The van der Waals surface area contributed by atoms with Crippen molar-refractivity contribution in [3.8, 4) is 0 Å². The second-order valence-corrected chi connectivity index (χ2v) is 7.88. The number of aromatic nitrogens is 2. The molecule has 3 aliphatic rings. The summed E-state index contributed by atoms with van der Waals surface area (Å²) in [6.45, 7) is 5.23. The van der Waals surface area contributed by atoms with Crippen molar-refractivity contribution in [3.63, 3.8) is 0 Å². The molecule has 0 saturated carbocycles. The minimum atomic E-state index is -0.274. The van der Waals surface area contributed by atoms with E-state index in [-0.39, 0.29) is 11.8 Å². The van der Waals surface area contributed by atoms with E-state index in [1.807, 2.05) is 10.9 Å². The van der Waals surface area contributed by atoms with E-state index >= 15 is 0 Å². The van der Waals surface area contributed by atoms with Gasteiger partial charge in [-0.15, -0.1) is 0 Å². The molecular formula is C20H24FN5O2. The molecule has 2 atom stereocenters. The normalized spacial score (nSPS) is 23.6. The molecule has 1 aromatic heterocycles. The van der Waals surface area contributed by atoms with Crippen LogP contribution in [0.3, 0.4) is 0 Å². The molecule has 5 rings (SSSR count). The molecule has 0 aliphatic carbocycles. The number of anilines is 2. The van der Waals surface area contributed by atoms with Gasteiger partial charge in [0.2, 0.25) is 0 Å². The quantitative estimate of drug-likeness (QED) is 0.864. The topological polar surface area (TPSA) is 62.6 Å². The van der Waals surface area contributed by atoms with Gasteiger partial charge in [-0.2, -0.15) is 5.10 Å². The predicted octanol–water partition coefficient (Wildman–Crippen LogP) is 2.75. The summed E-state index contributed by atoms with van der Waals surface area (Å²) in [5.74, 6) is -0.274. The molecule has 28 heavy (non-hydrogen) atoms. The van der Waals surface area contributed by atoms with E-state index in [1.54, 1.807) is 24.0 Å². The molecule has 8 heteroatoms. The molecule has 2 aromatic rings. The number of ether oxygens (including phenoxy) is 1. The Morgan fingerprint density at radius 1 is 1.25 bits per heavy atom. The largest absolute Gasteiger partial charge is 0.371 e. The van der Waals surface area contributed by atoms with E-state index in [4.69, 9.17) is 4.74 Å². The third-order valence-corrected chi connectivity index (χ3v) is 5.93. The van der Waals surface area contributed by atoms with E-state index < -0.39 is 0 Å². The number of carbonyl (C=O) groups is 1. The summed E-state index contributed by atoms with van der Waals surface area (Å²) in [4.78, 5) is 16.9. The molecule has 3 aliphatic heterocycles. The zero-order valence-corrected chi connectivity index (χ0v) is 15.9. The van der Waals surface area contributed by atoms with Crippen molar-refractivity contribution in [3.05, 3.63) is 41.5 Å². The highest BCUT2D eigenvalue weighted by atomic mass is 19.1. The highest BCUT2D eigenvalue weighted by molar-refractivity contribution is 5.89. The number of nitrogens with zero attached hydrogens (tertiary/aromatic N) is 4. The molecule has 2 bridgehead atoms. The van der Waals surface area contributed by atoms with Gasteiger partial charge in [0.25, 0.3) is 0 Å². The number of amides is 2. The van der Waals surface area contributed by atoms with Gasteiger partial charge in [-0.3, -0.25) is 4.68 Å². The molecule has 7 nitrogen and oxygen atoms in total. The molecule has 4 heterocycles. The summed E-state index contributed by atoms with van der Waals surface area (Å²) in [7, 11) is 0. The minimum absolute atomic E-state index is 0.175. The standard InChI is InChI=1S/C20H24FN5O2/c1-13-8-14(2-5-17(13)21)23-20(27)24-6-7-26-19(12-24)18(9-22-26)25-10-15-3-4-16(11-25)28-15/h2,5,8-9,15-16H,3-4,6-7,10-12H2,1H3,(H,23,27). The predicted molar refractivity (Wildman–Crippen MR) is 103 cm³/mol. The molecule has 2 saturated heterocycles. The van der Waals surface area contributed by atoms with Crippen LogP contribution in [0.5, 0.6) is 0 Å². The minimum Gasteiger partial charge on any atom is -0.371 e. The van der Waals surface area contributed by atoms with Crippen molar-refractivity contribution in [2.24, 2.45) is 0 Å². The Labute approximate surface area is 163 Å². The number of hydrogen-bond acceptors (Lipinski definition) is 4. The van der Waals surface area contributed by atoms with Crippen molar-refractivity contribution in [1.82, 2.24) is 14.7 Å². The van der Waals surface area contributed by atoms with Gasteiger partial charge in [0, 0.05) is 25.3 Å². The summed E-state index contributed by atoms with van der Waals surface area (Å²) in [5.41, 5.74) is 3.29. The first-order chi connectivity index (χ1) is 13.6. The lowest BCUT2D eigenvalue weighted by Crippen LogP contribution is -2.44. The summed E-state index contributed by atoms with van der Waals surface area (Å²) in [6.07, 6.45) is 4.77. The van der Waals surface area contributed by atoms with Gasteiger partial charge in [-0.1, -0.05) is 0 Å². The summed E-state index contributed by atoms with van der Waals surface area (Å²) >= 11 is 0. The van der Waals surface area contributed by atoms with E-state index in [9.17, 15) is 9.18 Å². The third kappa shape index (κ3) is 3.11. The van der Waals surface area contributed by atoms with Gasteiger partial charge in [0.05, 0.1) is 42.9 Å². The number of fused-ring (bicyclic) bond motifs is 3. The van der Waals surface area contributed by atoms with Gasteiger partial charge in [-0.25, -0.2) is 9.18 Å². The molecule has 148 valence electrons. The highest BCUT2D eigenvalue weighted by Crippen LogP contribution is 2.32. The molecule has 1 N–H and O–H groups in total. The van der Waals surface area contributed by atoms with Crippen molar-refractivity contribution in [2.75, 3.05) is 29.9 Å². The Morgan fingerprint density at radius 2 is 2.04 bits per heavy atom. The maximum absolute atomic E-state index is 13.5. The van der Waals surface area contributed by atoms with Gasteiger partial charge < -0.3 is 19.9 Å². The fourth-order valence-electron chi connectivity index (χ4n) is 4.41. The number of urea groups is 1. The number of benzene rings is 1. The van der Waals surface area contributed by atoms with E-state index in [0.29, 0.717) is 43.1 Å². The maximum atomic E-state index is 13.5. The van der Waals surface area contributed by atoms with Crippen LogP contribution in [0.15, 0.2) is 24.4 Å². The molecular weight excluding hydrogens is 361 g/mol. The van der Waals surface area contributed by atoms with E-state index in [0.717, 1.165) is 37.3 Å². The van der Waals surface area contributed by atoms with Crippen molar-refractivity contribution in [1.29, 1.82) is 0 Å². The van der Waals surface area contributed by atoms with Crippen LogP contribution in [0.4, 0.5) is 20.6 Å². The first kappa shape index (κ1) is 17.5. The molecule has 2 unspecified atom stereocenters. The van der Waals surface area contributed by atoms with Crippen LogP contribution in [-0.4, -0.2) is 52.6 Å². The number of aryl methyl sites for hydroxylation is 1. The summed E-state index contributed by atoms with van der Waals surface area (Å²) in [6, 6.07) is 4.44. The smallest absolute Gasteiger partial charge is 0.322 e. The lowest BCUT2D eigenvalue weighted by Gasteiger charge is -2.35. The third-order valence-electron chi connectivity index (χ3n) is 5.93. The Hall–Kier alpha value is -2.61. The number of nitrogens with one attached hydrogen (secondary N) is 1. The Balaban J connectivity index is 1.31. The molecule has 1 aromatic carbocycles. The van der Waals surface area contributed by atoms with Crippen molar-refractivity contribution >= 4 is 17.4 Å². The Kier molecular flexibility index (Phi) is 4.23. The first-order valence-electron chi connectivity index (χ1n) is 9.84. The molecule has 2 fully saturated rings. The van der Waals surface area contributed by atoms with Crippen molar-refractivity contribution < 1.29 is 13.9 Å². The lowest BCUT2D eigenvalue weighted by molar-refractivity contribution is 0.0304. The second-order valence-electron chi connectivity index (χ2n) is 7.88. The maximum Gasteiger partial charge on any atom is 0.322 e. The monoisotopic (exact) mass is 385 g/mol. The van der Waals surface area contributed by atoms with Gasteiger partial charge in [0.1, 0.15) is 5.82 Å². The fourth-order valence-corrected chi connectivity index (χ4v) is 4.41. The number of carbonyl (C=O) groups excluding carboxylic acids is 1. The number of morpholine rings is 1. The average molecular weight is 385 g/mol.